The van der Waals surface area contributed by atoms with Crippen LogP contribution in [-0.2, 0) is 0 Å². The van der Waals surface area contributed by atoms with Crippen LogP contribution in [0.15, 0.2) is 36.5 Å². The molecule has 0 aliphatic carbocycles. The fourth-order valence-corrected chi connectivity index (χ4v) is 2.38. The zero-order chi connectivity index (χ0) is 14.0. The van der Waals surface area contributed by atoms with Gasteiger partial charge in [-0.2, -0.15) is 0 Å². The lowest BCUT2D eigenvalue weighted by Crippen LogP contribution is -2.17. The average molecular weight is 400 g/mol. The van der Waals surface area contributed by atoms with Crippen LogP contribution in [0, 0.1) is 3.57 Å². The van der Waals surface area contributed by atoms with Gasteiger partial charge in [0.25, 0.3) is 0 Å². The average Bonchev–Trinajstić information content (AvgIpc) is 2.26. The maximum Gasteiger partial charge on any atom is 0.573 e. The van der Waals surface area contributed by atoms with E-state index >= 15 is 0 Å². The molecule has 2 aromatic rings. The van der Waals surface area contributed by atoms with E-state index in [2.05, 4.69) is 9.72 Å². The predicted molar refractivity (Wildman–Crippen MR) is 74.1 cm³/mol. The topological polar surface area (TPSA) is 22.1 Å². The number of halogens is 5. The van der Waals surface area contributed by atoms with E-state index in [9.17, 15) is 13.2 Å². The van der Waals surface area contributed by atoms with Gasteiger partial charge in [0.2, 0.25) is 0 Å². The zero-order valence-corrected chi connectivity index (χ0v) is 12.1. The number of aromatic nitrogens is 1. The van der Waals surface area contributed by atoms with Gasteiger partial charge < -0.3 is 4.74 Å². The van der Waals surface area contributed by atoms with Crippen molar-refractivity contribution in [1.29, 1.82) is 0 Å². The van der Waals surface area contributed by atoms with Gasteiger partial charge in [0, 0.05) is 15.3 Å². The number of nitrogens with zero attached hydrogens (tertiary/aromatic N) is 1. The van der Waals surface area contributed by atoms with E-state index in [-0.39, 0.29) is 5.75 Å². The molecule has 0 unspecified atom stereocenters. The van der Waals surface area contributed by atoms with Crippen LogP contribution in [0.1, 0.15) is 0 Å². The van der Waals surface area contributed by atoms with Crippen molar-refractivity contribution in [3.8, 4) is 17.0 Å². The molecule has 0 N–H and O–H groups in total. The first-order valence-electron chi connectivity index (χ1n) is 5.02. The molecule has 0 radical (unpaired) electrons. The normalized spacial score (nSPS) is 11.4. The molecule has 0 aliphatic heterocycles. The minimum Gasteiger partial charge on any atom is -0.406 e. The minimum atomic E-state index is -4.72. The first-order chi connectivity index (χ1) is 8.85. The molecule has 0 spiro atoms. The summed E-state index contributed by atoms with van der Waals surface area (Å²) in [6.45, 7) is 0. The van der Waals surface area contributed by atoms with Gasteiger partial charge in [-0.3, -0.25) is 4.98 Å². The lowest BCUT2D eigenvalue weighted by atomic mass is 10.1. The Morgan fingerprint density at radius 2 is 1.95 bits per heavy atom. The van der Waals surface area contributed by atoms with E-state index in [0.717, 1.165) is 3.57 Å². The van der Waals surface area contributed by atoms with E-state index in [1.807, 2.05) is 22.6 Å². The van der Waals surface area contributed by atoms with Crippen LogP contribution in [0.4, 0.5) is 13.2 Å². The standard InChI is InChI=1S/C12H6ClF3INO/c13-10-5-8(17)6-18-11(10)7-2-1-3-9(4-7)19-12(14,15)16/h1-6H. The number of ether oxygens (including phenoxy) is 1. The number of alkyl halides is 3. The third-order valence-corrected chi connectivity index (χ3v) is 3.03. The molecule has 100 valence electrons. The maximum atomic E-state index is 12.1. The highest BCUT2D eigenvalue weighted by Crippen LogP contribution is 2.31. The Kier molecular flexibility index (Phi) is 4.19. The largest absolute Gasteiger partial charge is 0.573 e. The van der Waals surface area contributed by atoms with E-state index < -0.39 is 6.36 Å². The third kappa shape index (κ3) is 3.97. The van der Waals surface area contributed by atoms with Gasteiger partial charge in [-0.05, 0) is 40.8 Å². The SMILES string of the molecule is FC(F)(F)Oc1cccc(-c2ncc(I)cc2Cl)c1. The number of hydrogen-bond acceptors (Lipinski definition) is 2. The van der Waals surface area contributed by atoms with Crippen molar-refractivity contribution in [2.24, 2.45) is 0 Å². The van der Waals surface area contributed by atoms with Crippen LogP contribution in [0.25, 0.3) is 11.3 Å². The van der Waals surface area contributed by atoms with Gasteiger partial charge in [0.1, 0.15) is 5.75 Å². The van der Waals surface area contributed by atoms with Gasteiger partial charge in [0.05, 0.1) is 10.7 Å². The molecular weight excluding hydrogens is 393 g/mol. The van der Waals surface area contributed by atoms with E-state index in [1.165, 1.54) is 18.2 Å². The van der Waals surface area contributed by atoms with Crippen molar-refractivity contribution in [3.05, 3.63) is 45.1 Å². The summed E-state index contributed by atoms with van der Waals surface area (Å²) in [5.74, 6) is -0.304. The highest BCUT2D eigenvalue weighted by molar-refractivity contribution is 14.1. The fourth-order valence-electron chi connectivity index (χ4n) is 1.47. The minimum absolute atomic E-state index is 0.304. The molecule has 0 amide bonds. The van der Waals surface area contributed by atoms with E-state index in [4.69, 9.17) is 11.6 Å². The maximum absolute atomic E-state index is 12.1. The summed E-state index contributed by atoms with van der Waals surface area (Å²) in [5, 5.41) is 0.371. The summed E-state index contributed by atoms with van der Waals surface area (Å²) >= 11 is 8.06. The van der Waals surface area contributed by atoms with Crippen molar-refractivity contribution < 1.29 is 17.9 Å². The van der Waals surface area contributed by atoms with Crippen LogP contribution in [0.5, 0.6) is 5.75 Å². The van der Waals surface area contributed by atoms with Crippen LogP contribution in [-0.4, -0.2) is 11.3 Å². The fraction of sp³-hybridized carbons (Fsp3) is 0.0833. The summed E-state index contributed by atoms with van der Waals surface area (Å²) in [6.07, 6.45) is -3.14. The molecule has 1 aromatic carbocycles. The Morgan fingerprint density at radius 3 is 2.58 bits per heavy atom. The molecule has 2 rings (SSSR count). The quantitative estimate of drug-likeness (QED) is 0.670. The van der Waals surface area contributed by atoms with Gasteiger partial charge in [-0.25, -0.2) is 0 Å². The molecule has 7 heteroatoms. The third-order valence-electron chi connectivity index (χ3n) is 2.15. The van der Waals surface area contributed by atoms with Crippen molar-refractivity contribution in [2.75, 3.05) is 0 Å². The second kappa shape index (κ2) is 5.54. The number of pyridine rings is 1. The van der Waals surface area contributed by atoms with Crippen molar-refractivity contribution in [3.63, 3.8) is 0 Å². The Bertz CT molecular complexity index is 604. The summed E-state index contributed by atoms with van der Waals surface area (Å²) in [6, 6.07) is 7.21. The lowest BCUT2D eigenvalue weighted by molar-refractivity contribution is -0.274. The van der Waals surface area contributed by atoms with Crippen LogP contribution < -0.4 is 4.74 Å². The van der Waals surface area contributed by atoms with Gasteiger partial charge in [-0.1, -0.05) is 23.7 Å². The summed E-state index contributed by atoms with van der Waals surface area (Å²) in [4.78, 5) is 4.11. The molecular formula is C12H6ClF3INO. The molecule has 0 fully saturated rings. The van der Waals surface area contributed by atoms with Gasteiger partial charge in [0.15, 0.2) is 0 Å². The monoisotopic (exact) mass is 399 g/mol. The Labute approximate surface area is 125 Å². The highest BCUT2D eigenvalue weighted by Gasteiger charge is 2.31. The lowest BCUT2D eigenvalue weighted by Gasteiger charge is -2.10. The molecule has 1 heterocycles. The van der Waals surface area contributed by atoms with Crippen molar-refractivity contribution >= 4 is 34.2 Å². The Hall–Kier alpha value is -1.02. The summed E-state index contributed by atoms with van der Waals surface area (Å²) in [7, 11) is 0. The van der Waals surface area contributed by atoms with E-state index in [0.29, 0.717) is 16.3 Å². The van der Waals surface area contributed by atoms with Gasteiger partial charge >= 0.3 is 6.36 Å². The molecule has 2 nitrogen and oxygen atoms in total. The second-order valence-corrected chi connectivity index (χ2v) is 5.21. The summed E-state index contributed by atoms with van der Waals surface area (Å²) < 4.78 is 41.1. The van der Waals surface area contributed by atoms with Crippen LogP contribution in [0.2, 0.25) is 5.02 Å². The molecule has 0 saturated carbocycles. The van der Waals surface area contributed by atoms with Crippen LogP contribution >= 0.6 is 34.2 Å². The molecule has 0 atom stereocenters. The van der Waals surface area contributed by atoms with E-state index in [1.54, 1.807) is 18.3 Å². The zero-order valence-electron chi connectivity index (χ0n) is 9.21. The van der Waals surface area contributed by atoms with Crippen molar-refractivity contribution in [1.82, 2.24) is 4.98 Å². The van der Waals surface area contributed by atoms with Crippen LogP contribution in [0.3, 0.4) is 0 Å². The first-order valence-corrected chi connectivity index (χ1v) is 6.48. The Morgan fingerprint density at radius 1 is 1.21 bits per heavy atom. The number of benzene rings is 1. The summed E-state index contributed by atoms with van der Waals surface area (Å²) in [5.41, 5.74) is 0.873. The first kappa shape index (κ1) is 14.4. The molecule has 1 aromatic heterocycles. The predicted octanol–water partition coefficient (Wildman–Crippen LogP) is 4.91. The molecule has 19 heavy (non-hydrogen) atoms. The molecule has 0 bridgehead atoms. The van der Waals surface area contributed by atoms with Gasteiger partial charge in [-0.15, -0.1) is 13.2 Å². The van der Waals surface area contributed by atoms with Crippen molar-refractivity contribution in [2.45, 2.75) is 6.36 Å². The number of hydrogen-bond donors (Lipinski definition) is 0. The number of rotatable bonds is 2. The Balaban J connectivity index is 2.38. The highest BCUT2D eigenvalue weighted by atomic mass is 127. The molecule has 0 aliphatic rings. The second-order valence-electron chi connectivity index (χ2n) is 3.56. The molecule has 0 saturated heterocycles. The smallest absolute Gasteiger partial charge is 0.406 e.